The zero-order valence-electron chi connectivity index (χ0n) is 17.3. The first-order chi connectivity index (χ1) is 14.7. The van der Waals surface area contributed by atoms with Gasteiger partial charge in [0.05, 0.1) is 11.4 Å². The second-order valence-corrected chi connectivity index (χ2v) is 8.29. The van der Waals surface area contributed by atoms with E-state index in [1.54, 1.807) is 12.1 Å². The number of anilines is 1. The van der Waals surface area contributed by atoms with Crippen LogP contribution < -0.4 is 15.4 Å². The molecule has 1 aromatic rings. The van der Waals surface area contributed by atoms with Crippen LogP contribution in [0, 0.1) is 0 Å². The van der Waals surface area contributed by atoms with E-state index in [-0.39, 0.29) is 17.3 Å². The molecule has 2 rings (SSSR count). The molecule has 0 spiro atoms. The van der Waals surface area contributed by atoms with E-state index in [1.165, 1.54) is 12.1 Å². The molecular weight excluding hydrogens is 428 g/mol. The van der Waals surface area contributed by atoms with E-state index in [2.05, 4.69) is 20.3 Å². The first-order valence-electron chi connectivity index (χ1n) is 9.78. The number of amidine groups is 1. The second-order valence-electron chi connectivity index (χ2n) is 6.61. The van der Waals surface area contributed by atoms with Gasteiger partial charge in [-0.15, -0.1) is 0 Å². The van der Waals surface area contributed by atoms with Gasteiger partial charge in [0.15, 0.2) is 0 Å². The van der Waals surface area contributed by atoms with E-state index in [0.717, 1.165) is 32.2 Å². The monoisotopic (exact) mass is 456 g/mol. The summed E-state index contributed by atoms with van der Waals surface area (Å²) < 4.78 is 27.7. The fraction of sp³-hybridized carbons (Fsp3) is 0.474. The molecule has 0 fully saturated rings. The van der Waals surface area contributed by atoms with Crippen LogP contribution in [0.2, 0.25) is 0 Å². The van der Waals surface area contributed by atoms with E-state index in [1.807, 2.05) is 6.92 Å². The molecule has 0 radical (unpaired) electrons. The summed E-state index contributed by atoms with van der Waals surface area (Å²) in [6, 6.07) is 6.24. The van der Waals surface area contributed by atoms with E-state index in [9.17, 15) is 13.2 Å². The Morgan fingerprint density at radius 1 is 1.10 bits per heavy atom. The molecule has 1 aliphatic rings. The average molecular weight is 457 g/mol. The number of nitrogens with one attached hydrogen (secondary N) is 3. The van der Waals surface area contributed by atoms with Gasteiger partial charge in [-0.25, -0.2) is 18.0 Å². The van der Waals surface area contributed by atoms with E-state index < -0.39 is 22.0 Å². The minimum atomic E-state index is -3.70. The maximum absolute atomic E-state index is 12.5. The van der Waals surface area contributed by atoms with Crippen LogP contribution >= 0.6 is 0 Å². The number of aliphatic imine (C=N–C) groups is 1. The van der Waals surface area contributed by atoms with Gasteiger partial charge in [-0.3, -0.25) is 14.5 Å². The van der Waals surface area contributed by atoms with Gasteiger partial charge >= 0.3 is 11.9 Å². The summed E-state index contributed by atoms with van der Waals surface area (Å²) in [6.45, 7) is 3.62. The lowest BCUT2D eigenvalue weighted by Crippen LogP contribution is -2.31. The van der Waals surface area contributed by atoms with Gasteiger partial charge in [-0.2, -0.15) is 0 Å². The number of hydrogen-bond donors (Lipinski definition) is 5. The number of sulfonamides is 1. The van der Waals surface area contributed by atoms with Crippen molar-refractivity contribution in [3.05, 3.63) is 24.3 Å². The largest absolute Gasteiger partial charge is 0.473 e. The van der Waals surface area contributed by atoms with Crippen molar-refractivity contribution in [3.63, 3.8) is 0 Å². The Morgan fingerprint density at radius 2 is 1.81 bits per heavy atom. The first kappa shape index (κ1) is 26.0. The average Bonchev–Trinajstić information content (AvgIpc) is 2.97. The fourth-order valence-electron chi connectivity index (χ4n) is 2.50. The van der Waals surface area contributed by atoms with Crippen molar-refractivity contribution in [2.75, 3.05) is 25.0 Å². The van der Waals surface area contributed by atoms with E-state index in [0.29, 0.717) is 24.5 Å². The fourth-order valence-corrected chi connectivity index (χ4v) is 3.63. The van der Waals surface area contributed by atoms with Crippen LogP contribution in [0.4, 0.5) is 5.69 Å². The molecule has 1 amide bonds. The minimum absolute atomic E-state index is 0.110. The van der Waals surface area contributed by atoms with Crippen LogP contribution in [-0.2, 0) is 24.4 Å². The van der Waals surface area contributed by atoms with Gasteiger partial charge in [0.1, 0.15) is 5.84 Å². The lowest BCUT2D eigenvalue weighted by Gasteiger charge is -2.11. The summed E-state index contributed by atoms with van der Waals surface area (Å²) in [5.74, 6) is -3.34. The molecule has 172 valence electrons. The zero-order chi connectivity index (χ0) is 23.3. The summed E-state index contributed by atoms with van der Waals surface area (Å²) in [5.41, 5.74) is 0.453. The quantitative estimate of drug-likeness (QED) is 0.299. The van der Waals surface area contributed by atoms with Crippen LogP contribution in [0.1, 0.15) is 39.0 Å². The number of carbonyl (C=O) groups is 3. The molecular formula is C19H28N4O7S. The lowest BCUT2D eigenvalue weighted by molar-refractivity contribution is -0.159. The number of carbonyl (C=O) groups excluding carboxylic acids is 1. The topological polar surface area (TPSA) is 174 Å². The highest BCUT2D eigenvalue weighted by atomic mass is 32.2. The molecule has 0 aromatic heterocycles. The number of hydrogen-bond acceptors (Lipinski definition) is 7. The molecule has 1 aromatic carbocycles. The minimum Gasteiger partial charge on any atom is -0.473 e. The third-order valence-electron chi connectivity index (χ3n) is 3.95. The molecule has 1 heterocycles. The molecule has 0 unspecified atom stereocenters. The van der Waals surface area contributed by atoms with Crippen LogP contribution in [0.25, 0.3) is 0 Å². The Morgan fingerprint density at radius 3 is 2.45 bits per heavy atom. The van der Waals surface area contributed by atoms with Gasteiger partial charge in [-0.1, -0.05) is 19.4 Å². The number of benzene rings is 1. The molecule has 0 bridgehead atoms. The van der Waals surface area contributed by atoms with Crippen molar-refractivity contribution in [3.8, 4) is 0 Å². The highest BCUT2D eigenvalue weighted by Gasteiger charge is 2.18. The predicted molar refractivity (Wildman–Crippen MR) is 115 cm³/mol. The molecule has 0 saturated carbocycles. The Kier molecular flexibility index (Phi) is 11.2. The third kappa shape index (κ3) is 10.6. The number of nitrogens with zero attached hydrogens (tertiary/aromatic N) is 1. The Labute approximate surface area is 181 Å². The van der Waals surface area contributed by atoms with Gasteiger partial charge < -0.3 is 20.8 Å². The SMILES string of the molecule is CCCNCC(=O)Nc1cccc(S(=O)(=O)NC2=NCCCCC2)c1.O=C(O)C(=O)O. The standard InChI is InChI=1S/C17H26N4O3S.C2H2O4/c1-2-10-18-13-17(22)20-14-7-6-8-15(12-14)25(23,24)21-16-9-4-3-5-11-19-16;3-1(4)2(5)6/h6-8,12,18H,2-5,9-11,13H2,1H3,(H,19,21)(H,20,22);(H,3,4)(H,5,6). The van der Waals surface area contributed by atoms with Crippen molar-refractivity contribution >= 4 is 39.4 Å². The summed E-state index contributed by atoms with van der Waals surface area (Å²) in [5, 5.41) is 20.5. The maximum Gasteiger partial charge on any atom is 0.414 e. The van der Waals surface area contributed by atoms with E-state index >= 15 is 0 Å². The Bertz CT molecular complexity index is 888. The van der Waals surface area contributed by atoms with Gasteiger partial charge in [0.2, 0.25) is 5.91 Å². The third-order valence-corrected chi connectivity index (χ3v) is 5.33. The smallest absolute Gasteiger partial charge is 0.414 e. The Hall–Kier alpha value is -2.99. The molecule has 1 aliphatic heterocycles. The van der Waals surface area contributed by atoms with Crippen molar-refractivity contribution in [1.29, 1.82) is 0 Å². The number of aliphatic carboxylic acids is 2. The van der Waals surface area contributed by atoms with Crippen LogP contribution in [0.3, 0.4) is 0 Å². The normalized spacial score (nSPS) is 13.6. The Balaban J connectivity index is 0.000000703. The number of carboxylic acid groups (broad SMARTS) is 2. The molecule has 0 atom stereocenters. The highest BCUT2D eigenvalue weighted by molar-refractivity contribution is 7.90. The van der Waals surface area contributed by atoms with Crippen molar-refractivity contribution in [2.24, 2.45) is 4.99 Å². The number of amides is 1. The van der Waals surface area contributed by atoms with E-state index in [4.69, 9.17) is 19.8 Å². The first-order valence-corrected chi connectivity index (χ1v) is 11.3. The van der Waals surface area contributed by atoms with Crippen LogP contribution in [-0.4, -0.2) is 61.9 Å². The summed E-state index contributed by atoms with van der Waals surface area (Å²) in [7, 11) is -3.70. The molecule has 31 heavy (non-hydrogen) atoms. The zero-order valence-corrected chi connectivity index (χ0v) is 18.1. The summed E-state index contributed by atoms with van der Waals surface area (Å²) in [6.07, 6.45) is 4.55. The van der Waals surface area contributed by atoms with Crippen molar-refractivity contribution < 1.29 is 33.0 Å². The number of rotatable bonds is 7. The molecule has 11 nitrogen and oxygen atoms in total. The molecule has 0 saturated heterocycles. The van der Waals surface area contributed by atoms with Crippen molar-refractivity contribution in [1.82, 2.24) is 10.0 Å². The highest BCUT2D eigenvalue weighted by Crippen LogP contribution is 2.16. The van der Waals surface area contributed by atoms with Gasteiger partial charge in [-0.05, 0) is 44.0 Å². The lowest BCUT2D eigenvalue weighted by atomic mass is 10.2. The van der Waals surface area contributed by atoms with Gasteiger partial charge in [0.25, 0.3) is 10.0 Å². The number of carboxylic acids is 2. The molecule has 5 N–H and O–H groups in total. The second kappa shape index (κ2) is 13.3. The summed E-state index contributed by atoms with van der Waals surface area (Å²) >= 11 is 0. The summed E-state index contributed by atoms with van der Waals surface area (Å²) in [4.78, 5) is 34.4. The maximum atomic E-state index is 12.5. The molecule has 12 heteroatoms. The van der Waals surface area contributed by atoms with Crippen molar-refractivity contribution in [2.45, 2.75) is 43.9 Å². The predicted octanol–water partition coefficient (Wildman–Crippen LogP) is 1.03. The van der Waals surface area contributed by atoms with Crippen LogP contribution in [0.5, 0.6) is 0 Å². The molecule has 0 aliphatic carbocycles. The van der Waals surface area contributed by atoms with Crippen LogP contribution in [0.15, 0.2) is 34.2 Å². The van der Waals surface area contributed by atoms with Gasteiger partial charge in [0, 0.05) is 18.7 Å².